The van der Waals surface area contributed by atoms with Gasteiger partial charge in [-0.2, -0.15) is 0 Å². The molecule has 3 N–H and O–H groups in total. The smallest absolute Gasteiger partial charge is 0.225 e. The van der Waals surface area contributed by atoms with Gasteiger partial charge in [-0.05, 0) is 69.9 Å². The van der Waals surface area contributed by atoms with E-state index in [1.54, 1.807) is 0 Å². The van der Waals surface area contributed by atoms with Crippen LogP contribution in [-0.2, 0) is 4.79 Å². The molecule has 0 spiro atoms. The quantitative estimate of drug-likeness (QED) is 0.815. The summed E-state index contributed by atoms with van der Waals surface area (Å²) in [5, 5.41) is 3.43. The van der Waals surface area contributed by atoms with E-state index in [1.807, 2.05) is 7.05 Å². The first-order valence-corrected chi connectivity index (χ1v) is 8.89. The molecule has 2 saturated carbocycles. The van der Waals surface area contributed by atoms with E-state index >= 15 is 0 Å². The highest BCUT2D eigenvalue weighted by Crippen LogP contribution is 2.42. The van der Waals surface area contributed by atoms with Crippen LogP contribution >= 0.6 is 0 Å². The highest BCUT2D eigenvalue weighted by Gasteiger charge is 2.41. The monoisotopic (exact) mass is 293 g/mol. The molecular weight excluding hydrogens is 262 g/mol. The lowest BCUT2D eigenvalue weighted by molar-refractivity contribution is -0.139. The molecule has 4 heteroatoms. The van der Waals surface area contributed by atoms with Gasteiger partial charge in [0.15, 0.2) is 0 Å². The fourth-order valence-corrected chi connectivity index (χ4v) is 4.85. The van der Waals surface area contributed by atoms with Crippen molar-refractivity contribution in [3.8, 4) is 0 Å². The van der Waals surface area contributed by atoms with Gasteiger partial charge in [0.05, 0.1) is 0 Å². The zero-order valence-electron chi connectivity index (χ0n) is 13.4. The van der Waals surface area contributed by atoms with Crippen molar-refractivity contribution < 1.29 is 4.79 Å². The molecule has 1 amide bonds. The molecule has 0 radical (unpaired) electrons. The first kappa shape index (κ1) is 15.3. The minimum Gasteiger partial charge on any atom is -0.342 e. The van der Waals surface area contributed by atoms with E-state index in [2.05, 4.69) is 10.2 Å². The molecule has 1 saturated heterocycles. The molecule has 120 valence electrons. The minimum atomic E-state index is 0.237. The lowest BCUT2D eigenvalue weighted by Gasteiger charge is -2.44. The van der Waals surface area contributed by atoms with Gasteiger partial charge in [-0.15, -0.1) is 0 Å². The van der Waals surface area contributed by atoms with Gasteiger partial charge in [0.25, 0.3) is 0 Å². The molecule has 3 rings (SSSR count). The van der Waals surface area contributed by atoms with Crippen molar-refractivity contribution in [2.24, 2.45) is 23.5 Å². The number of nitrogens with one attached hydrogen (secondary N) is 1. The third-order valence-electron chi connectivity index (χ3n) is 6.20. The number of nitrogens with zero attached hydrogens (tertiary/aromatic N) is 1. The Balaban J connectivity index is 1.61. The van der Waals surface area contributed by atoms with Crippen LogP contribution in [0, 0.1) is 17.8 Å². The average molecular weight is 293 g/mol. The van der Waals surface area contributed by atoms with Crippen LogP contribution in [0.3, 0.4) is 0 Å². The van der Waals surface area contributed by atoms with E-state index in [-0.39, 0.29) is 5.92 Å². The van der Waals surface area contributed by atoms with Gasteiger partial charge >= 0.3 is 0 Å². The average Bonchev–Trinajstić information content (AvgIpc) is 2.74. The molecule has 3 aliphatic rings. The van der Waals surface area contributed by atoms with Crippen LogP contribution in [0.5, 0.6) is 0 Å². The van der Waals surface area contributed by atoms with Crippen molar-refractivity contribution in [2.75, 3.05) is 20.1 Å². The third-order valence-corrected chi connectivity index (χ3v) is 6.20. The Morgan fingerprint density at radius 2 is 1.76 bits per heavy atom. The zero-order valence-corrected chi connectivity index (χ0v) is 13.4. The number of nitrogens with two attached hydrogens (primary N) is 1. The van der Waals surface area contributed by atoms with Crippen LogP contribution in [0.15, 0.2) is 0 Å². The van der Waals surface area contributed by atoms with Crippen molar-refractivity contribution in [3.63, 3.8) is 0 Å². The molecule has 3 fully saturated rings. The molecule has 3 atom stereocenters. The molecule has 0 aromatic rings. The molecule has 1 aliphatic heterocycles. The largest absolute Gasteiger partial charge is 0.342 e. The van der Waals surface area contributed by atoms with Crippen molar-refractivity contribution in [1.82, 2.24) is 10.2 Å². The molecule has 0 aromatic heterocycles. The van der Waals surface area contributed by atoms with Gasteiger partial charge in [0.1, 0.15) is 0 Å². The minimum absolute atomic E-state index is 0.237. The molecule has 21 heavy (non-hydrogen) atoms. The van der Waals surface area contributed by atoms with Gasteiger partial charge in [0, 0.05) is 25.0 Å². The Labute approximate surface area is 128 Å². The van der Waals surface area contributed by atoms with E-state index in [4.69, 9.17) is 5.73 Å². The van der Waals surface area contributed by atoms with E-state index in [0.29, 0.717) is 29.8 Å². The second-order valence-electron chi connectivity index (χ2n) is 7.48. The zero-order chi connectivity index (χ0) is 14.8. The van der Waals surface area contributed by atoms with Crippen LogP contribution in [0.2, 0.25) is 0 Å². The number of amides is 1. The van der Waals surface area contributed by atoms with E-state index in [1.165, 1.54) is 25.7 Å². The Morgan fingerprint density at radius 3 is 2.48 bits per heavy atom. The van der Waals surface area contributed by atoms with Crippen molar-refractivity contribution in [2.45, 2.75) is 63.5 Å². The fourth-order valence-electron chi connectivity index (χ4n) is 4.85. The molecule has 3 unspecified atom stereocenters. The number of hydrogen-bond donors (Lipinski definition) is 2. The number of hydrogen-bond acceptors (Lipinski definition) is 3. The topological polar surface area (TPSA) is 58.4 Å². The summed E-state index contributed by atoms with van der Waals surface area (Å²) in [5.41, 5.74) is 6.35. The summed E-state index contributed by atoms with van der Waals surface area (Å²) >= 11 is 0. The highest BCUT2D eigenvalue weighted by molar-refractivity contribution is 5.79. The second kappa shape index (κ2) is 6.66. The van der Waals surface area contributed by atoms with Crippen LogP contribution in [0.1, 0.15) is 51.4 Å². The van der Waals surface area contributed by atoms with Gasteiger partial charge in [0.2, 0.25) is 5.91 Å². The van der Waals surface area contributed by atoms with Crippen molar-refractivity contribution in [1.29, 1.82) is 0 Å². The van der Waals surface area contributed by atoms with Crippen LogP contribution in [-0.4, -0.2) is 43.0 Å². The molecule has 2 bridgehead atoms. The Kier molecular flexibility index (Phi) is 4.85. The highest BCUT2D eigenvalue weighted by atomic mass is 16.2. The fraction of sp³-hybridized carbons (Fsp3) is 0.941. The SMILES string of the molecule is CN(C(=O)C1CC2CCCC(C1)C2N)C1CCCNCC1. The van der Waals surface area contributed by atoms with Gasteiger partial charge in [-0.1, -0.05) is 6.42 Å². The summed E-state index contributed by atoms with van der Waals surface area (Å²) in [6.45, 7) is 2.14. The molecule has 4 nitrogen and oxygen atoms in total. The first-order valence-electron chi connectivity index (χ1n) is 8.89. The van der Waals surface area contributed by atoms with Crippen LogP contribution in [0.4, 0.5) is 0 Å². The maximum atomic E-state index is 12.9. The maximum absolute atomic E-state index is 12.9. The first-order chi connectivity index (χ1) is 10.2. The maximum Gasteiger partial charge on any atom is 0.225 e. The number of fused-ring (bicyclic) bond motifs is 2. The summed E-state index contributed by atoms with van der Waals surface area (Å²) in [5.74, 6) is 1.82. The predicted molar refractivity (Wildman–Crippen MR) is 84.8 cm³/mol. The molecular formula is C17H31N3O. The van der Waals surface area contributed by atoms with Crippen LogP contribution < -0.4 is 11.1 Å². The normalized spacial score (nSPS) is 40.4. The Bertz CT molecular complexity index is 351. The van der Waals surface area contributed by atoms with Crippen molar-refractivity contribution >= 4 is 5.91 Å². The molecule has 2 aliphatic carbocycles. The summed E-state index contributed by atoms with van der Waals surface area (Å²) in [6, 6.07) is 0.790. The van der Waals surface area contributed by atoms with E-state index in [9.17, 15) is 4.79 Å². The second-order valence-corrected chi connectivity index (χ2v) is 7.48. The Morgan fingerprint density at radius 1 is 1.05 bits per heavy atom. The van der Waals surface area contributed by atoms with Gasteiger partial charge in [-0.3, -0.25) is 4.79 Å². The summed E-state index contributed by atoms with van der Waals surface area (Å²) in [4.78, 5) is 15.0. The lowest BCUT2D eigenvalue weighted by Crippen LogP contribution is -2.50. The Hall–Kier alpha value is -0.610. The standard InChI is InChI=1S/C17H31N3O/c1-20(15-6-3-8-19-9-7-15)17(21)14-10-12-4-2-5-13(11-14)16(12)18/h12-16,19H,2-11,18H2,1H3. The number of rotatable bonds is 2. The summed E-state index contributed by atoms with van der Waals surface area (Å²) < 4.78 is 0. The van der Waals surface area contributed by atoms with Crippen LogP contribution in [0.25, 0.3) is 0 Å². The lowest BCUT2D eigenvalue weighted by atomic mass is 9.65. The van der Waals surface area contributed by atoms with Crippen molar-refractivity contribution in [3.05, 3.63) is 0 Å². The summed E-state index contributed by atoms with van der Waals surface area (Å²) in [7, 11) is 2.03. The van der Waals surface area contributed by atoms with Gasteiger partial charge in [-0.25, -0.2) is 0 Å². The summed E-state index contributed by atoms with van der Waals surface area (Å²) in [6.07, 6.45) is 9.28. The van der Waals surface area contributed by atoms with E-state index in [0.717, 1.165) is 38.8 Å². The number of carbonyl (C=O) groups excluding carboxylic acids is 1. The predicted octanol–water partition coefficient (Wildman–Crippen LogP) is 1.74. The number of carbonyl (C=O) groups is 1. The molecule has 1 heterocycles. The molecule has 0 aromatic carbocycles. The third kappa shape index (κ3) is 3.26. The van der Waals surface area contributed by atoms with Gasteiger partial charge < -0.3 is 16.0 Å². The van der Waals surface area contributed by atoms with E-state index < -0.39 is 0 Å².